The number of aromatic nitrogens is 4. The molecule has 0 fully saturated rings. The lowest BCUT2D eigenvalue weighted by molar-refractivity contribution is 0.773. The Morgan fingerprint density at radius 2 is 2.26 bits per heavy atom. The van der Waals surface area contributed by atoms with E-state index in [0.717, 1.165) is 22.6 Å². The highest BCUT2D eigenvalue weighted by molar-refractivity contribution is 7.71. The van der Waals surface area contributed by atoms with Crippen LogP contribution in [0.3, 0.4) is 0 Å². The molecule has 0 bridgehead atoms. The standard InChI is InChI=1S/C13H11ClN4S/c1-8-3-2-4-10(16-8)7-18-12-11(17-13(18)19)5-9(14)6-15-12/h2-6H,7H2,1H3,(H,17,19). The number of halogens is 1. The van der Waals surface area contributed by atoms with E-state index in [1.807, 2.05) is 35.8 Å². The van der Waals surface area contributed by atoms with Gasteiger partial charge in [0.1, 0.15) is 0 Å². The molecule has 3 aromatic heterocycles. The molecule has 0 unspecified atom stereocenters. The number of H-pyrrole nitrogens is 1. The monoisotopic (exact) mass is 290 g/mol. The highest BCUT2D eigenvalue weighted by Gasteiger charge is 2.07. The van der Waals surface area contributed by atoms with E-state index in [4.69, 9.17) is 23.8 Å². The van der Waals surface area contributed by atoms with Crippen LogP contribution in [0.2, 0.25) is 5.02 Å². The van der Waals surface area contributed by atoms with Gasteiger partial charge in [-0.1, -0.05) is 17.7 Å². The molecule has 1 N–H and O–H groups in total. The van der Waals surface area contributed by atoms with Crippen LogP contribution in [-0.4, -0.2) is 19.5 Å². The molecule has 0 aromatic carbocycles. The maximum absolute atomic E-state index is 5.92. The number of pyridine rings is 2. The summed E-state index contributed by atoms with van der Waals surface area (Å²) in [7, 11) is 0. The van der Waals surface area contributed by atoms with Gasteiger partial charge in [0.05, 0.1) is 22.8 Å². The lowest BCUT2D eigenvalue weighted by Crippen LogP contribution is -2.03. The molecule has 0 spiro atoms. The average Bonchev–Trinajstić information content (AvgIpc) is 2.65. The van der Waals surface area contributed by atoms with Gasteiger partial charge in [0.15, 0.2) is 10.4 Å². The Morgan fingerprint density at radius 1 is 1.42 bits per heavy atom. The first-order valence-electron chi connectivity index (χ1n) is 5.80. The van der Waals surface area contributed by atoms with E-state index in [0.29, 0.717) is 16.3 Å². The minimum Gasteiger partial charge on any atom is -0.329 e. The molecule has 19 heavy (non-hydrogen) atoms. The molecule has 3 rings (SSSR count). The maximum Gasteiger partial charge on any atom is 0.179 e. The minimum absolute atomic E-state index is 0.588. The molecule has 0 aliphatic heterocycles. The van der Waals surface area contributed by atoms with E-state index in [1.54, 1.807) is 6.20 Å². The summed E-state index contributed by atoms with van der Waals surface area (Å²) in [6.45, 7) is 2.56. The zero-order chi connectivity index (χ0) is 13.4. The molecule has 0 aliphatic carbocycles. The van der Waals surface area contributed by atoms with Crippen molar-refractivity contribution in [1.29, 1.82) is 0 Å². The smallest absolute Gasteiger partial charge is 0.179 e. The minimum atomic E-state index is 0.588. The van der Waals surface area contributed by atoms with Gasteiger partial charge < -0.3 is 4.98 Å². The summed E-state index contributed by atoms with van der Waals surface area (Å²) in [6, 6.07) is 7.75. The second-order valence-corrected chi connectivity index (χ2v) is 5.13. The fourth-order valence-electron chi connectivity index (χ4n) is 2.01. The van der Waals surface area contributed by atoms with Gasteiger partial charge in [-0.2, -0.15) is 0 Å². The summed E-state index contributed by atoms with van der Waals surface area (Å²) >= 11 is 11.2. The van der Waals surface area contributed by atoms with Gasteiger partial charge in [0.25, 0.3) is 0 Å². The number of nitrogens with zero attached hydrogens (tertiary/aromatic N) is 3. The first kappa shape index (κ1) is 12.3. The molecular formula is C13H11ClN4S. The number of aryl methyl sites for hydroxylation is 1. The fraction of sp³-hybridized carbons (Fsp3) is 0.154. The summed E-state index contributed by atoms with van der Waals surface area (Å²) in [4.78, 5) is 11.9. The van der Waals surface area contributed by atoms with Crippen molar-refractivity contribution in [3.63, 3.8) is 0 Å². The second-order valence-electron chi connectivity index (χ2n) is 4.31. The molecule has 0 radical (unpaired) electrons. The van der Waals surface area contributed by atoms with Crippen LogP contribution in [0.5, 0.6) is 0 Å². The predicted molar refractivity (Wildman–Crippen MR) is 78.0 cm³/mol. The van der Waals surface area contributed by atoms with E-state index in [2.05, 4.69) is 15.0 Å². The van der Waals surface area contributed by atoms with Crippen molar-refractivity contribution >= 4 is 35.0 Å². The Balaban J connectivity index is 2.10. The van der Waals surface area contributed by atoms with Crippen molar-refractivity contribution in [2.45, 2.75) is 13.5 Å². The van der Waals surface area contributed by atoms with Crippen molar-refractivity contribution in [2.75, 3.05) is 0 Å². The third-order valence-electron chi connectivity index (χ3n) is 2.84. The van der Waals surface area contributed by atoms with Crippen LogP contribution in [0.1, 0.15) is 11.4 Å². The highest BCUT2D eigenvalue weighted by atomic mass is 35.5. The zero-order valence-electron chi connectivity index (χ0n) is 10.2. The van der Waals surface area contributed by atoms with Crippen LogP contribution in [0.4, 0.5) is 0 Å². The van der Waals surface area contributed by atoms with Crippen LogP contribution in [0, 0.1) is 11.7 Å². The van der Waals surface area contributed by atoms with Crippen molar-refractivity contribution < 1.29 is 0 Å². The lowest BCUT2D eigenvalue weighted by atomic mass is 10.3. The quantitative estimate of drug-likeness (QED) is 0.735. The first-order chi connectivity index (χ1) is 9.13. The molecule has 3 heterocycles. The summed E-state index contributed by atoms with van der Waals surface area (Å²) < 4.78 is 2.54. The summed E-state index contributed by atoms with van der Waals surface area (Å²) in [5, 5.41) is 0.588. The number of hydrogen-bond donors (Lipinski definition) is 1. The molecule has 6 heteroatoms. The Labute approximate surface area is 120 Å². The Kier molecular flexibility index (Phi) is 3.08. The van der Waals surface area contributed by atoms with Gasteiger partial charge >= 0.3 is 0 Å². The van der Waals surface area contributed by atoms with Crippen LogP contribution in [-0.2, 0) is 6.54 Å². The van der Waals surface area contributed by atoms with E-state index < -0.39 is 0 Å². The number of aromatic amines is 1. The molecule has 4 nitrogen and oxygen atoms in total. The third-order valence-corrected chi connectivity index (χ3v) is 3.37. The third kappa shape index (κ3) is 2.39. The van der Waals surface area contributed by atoms with Crippen LogP contribution >= 0.6 is 23.8 Å². The molecular weight excluding hydrogens is 280 g/mol. The highest BCUT2D eigenvalue weighted by Crippen LogP contribution is 2.17. The fourth-order valence-corrected chi connectivity index (χ4v) is 2.43. The van der Waals surface area contributed by atoms with E-state index in [9.17, 15) is 0 Å². The van der Waals surface area contributed by atoms with E-state index >= 15 is 0 Å². The van der Waals surface area contributed by atoms with Crippen LogP contribution in [0.15, 0.2) is 30.5 Å². The molecule has 0 aliphatic rings. The number of rotatable bonds is 2. The Morgan fingerprint density at radius 3 is 3.05 bits per heavy atom. The topological polar surface area (TPSA) is 46.5 Å². The SMILES string of the molecule is Cc1cccc(Cn2c(=S)[nH]c3cc(Cl)cnc32)n1. The molecule has 3 aromatic rings. The predicted octanol–water partition coefficient (Wildman–Crippen LogP) is 3.50. The molecule has 0 atom stereocenters. The second kappa shape index (κ2) is 4.75. The summed E-state index contributed by atoms with van der Waals surface area (Å²) in [5.41, 5.74) is 3.57. The van der Waals surface area contributed by atoms with E-state index in [1.165, 1.54) is 0 Å². The molecule has 96 valence electrons. The largest absolute Gasteiger partial charge is 0.329 e. The van der Waals surface area contributed by atoms with Gasteiger partial charge in [-0.15, -0.1) is 0 Å². The normalized spacial score (nSPS) is 11.1. The zero-order valence-corrected chi connectivity index (χ0v) is 11.8. The van der Waals surface area contributed by atoms with Crippen molar-refractivity contribution in [1.82, 2.24) is 19.5 Å². The van der Waals surface area contributed by atoms with Gasteiger partial charge in [-0.3, -0.25) is 9.55 Å². The van der Waals surface area contributed by atoms with Crippen LogP contribution < -0.4 is 0 Å². The van der Waals surface area contributed by atoms with Crippen LogP contribution in [0.25, 0.3) is 11.2 Å². The van der Waals surface area contributed by atoms with Crippen molar-refractivity contribution in [3.05, 3.63) is 51.6 Å². The lowest BCUT2D eigenvalue weighted by Gasteiger charge is -2.04. The number of fused-ring (bicyclic) bond motifs is 1. The first-order valence-corrected chi connectivity index (χ1v) is 6.59. The summed E-state index contributed by atoms with van der Waals surface area (Å²) in [6.07, 6.45) is 1.62. The van der Waals surface area contributed by atoms with Gasteiger partial charge in [0, 0.05) is 11.9 Å². The number of hydrogen-bond acceptors (Lipinski definition) is 3. The van der Waals surface area contributed by atoms with Gasteiger partial charge in [-0.05, 0) is 37.3 Å². The Bertz CT molecular complexity index is 806. The average molecular weight is 291 g/mol. The number of nitrogens with one attached hydrogen (secondary N) is 1. The Hall–Kier alpha value is -1.72. The molecule has 0 saturated heterocycles. The van der Waals surface area contributed by atoms with E-state index in [-0.39, 0.29) is 0 Å². The summed E-state index contributed by atoms with van der Waals surface area (Å²) in [5.74, 6) is 0. The van der Waals surface area contributed by atoms with Crippen molar-refractivity contribution in [3.8, 4) is 0 Å². The van der Waals surface area contributed by atoms with Gasteiger partial charge in [-0.25, -0.2) is 4.98 Å². The van der Waals surface area contributed by atoms with Gasteiger partial charge in [0.2, 0.25) is 0 Å². The number of imidazole rings is 1. The molecule has 0 saturated carbocycles. The van der Waals surface area contributed by atoms with Crippen molar-refractivity contribution in [2.24, 2.45) is 0 Å². The molecule has 0 amide bonds. The maximum atomic E-state index is 5.92.